The van der Waals surface area contributed by atoms with E-state index in [-0.39, 0.29) is 23.9 Å². The quantitative estimate of drug-likeness (QED) is 0.767. The first-order valence-electron chi connectivity index (χ1n) is 8.75. The number of benzene rings is 1. The summed E-state index contributed by atoms with van der Waals surface area (Å²) in [5.74, 6) is -0.133. The molecule has 0 saturated carbocycles. The number of aromatic amines is 1. The molecule has 0 radical (unpaired) electrons. The molecule has 134 valence electrons. The van der Waals surface area contributed by atoms with Gasteiger partial charge < -0.3 is 9.88 Å². The number of H-pyrrole nitrogens is 1. The minimum atomic E-state index is -0.153. The van der Waals surface area contributed by atoms with Gasteiger partial charge in [0.15, 0.2) is 0 Å². The first-order chi connectivity index (χ1) is 12.5. The molecule has 3 rings (SSSR count). The molecule has 5 heteroatoms. The molecular weight excluding hydrogens is 326 g/mol. The summed E-state index contributed by atoms with van der Waals surface area (Å²) >= 11 is 0. The van der Waals surface area contributed by atoms with Crippen molar-refractivity contribution < 1.29 is 4.79 Å². The zero-order chi connectivity index (χ0) is 18.7. The highest BCUT2D eigenvalue weighted by molar-refractivity contribution is 5.82. The smallest absolute Gasteiger partial charge is 0.253 e. The molecule has 0 aliphatic rings. The van der Waals surface area contributed by atoms with Crippen LogP contribution in [-0.4, -0.2) is 20.8 Å². The molecule has 0 fully saturated rings. The van der Waals surface area contributed by atoms with Crippen molar-refractivity contribution in [3.05, 3.63) is 75.8 Å². The molecule has 1 N–H and O–H groups in total. The molecule has 0 aliphatic carbocycles. The summed E-state index contributed by atoms with van der Waals surface area (Å²) in [7, 11) is 0. The van der Waals surface area contributed by atoms with Crippen molar-refractivity contribution in [2.75, 3.05) is 0 Å². The Labute approximate surface area is 152 Å². The number of aryl methyl sites for hydroxylation is 1. The van der Waals surface area contributed by atoms with Gasteiger partial charge in [0, 0.05) is 30.4 Å². The van der Waals surface area contributed by atoms with Gasteiger partial charge in [-0.3, -0.25) is 14.6 Å². The van der Waals surface area contributed by atoms with Crippen LogP contribution in [0.5, 0.6) is 0 Å². The Morgan fingerprint density at radius 1 is 1.19 bits per heavy atom. The van der Waals surface area contributed by atoms with Crippen LogP contribution in [0.4, 0.5) is 0 Å². The molecule has 2 aromatic heterocycles. The van der Waals surface area contributed by atoms with Gasteiger partial charge >= 0.3 is 0 Å². The normalized spacial score (nSPS) is 11.1. The van der Waals surface area contributed by atoms with Crippen LogP contribution in [0.25, 0.3) is 10.9 Å². The lowest BCUT2D eigenvalue weighted by Gasteiger charge is -2.24. The second-order valence-electron chi connectivity index (χ2n) is 6.87. The number of hydrogen-bond acceptors (Lipinski definition) is 3. The van der Waals surface area contributed by atoms with Gasteiger partial charge in [0.05, 0.1) is 12.1 Å². The second-order valence-corrected chi connectivity index (χ2v) is 6.87. The van der Waals surface area contributed by atoms with E-state index in [2.05, 4.69) is 9.97 Å². The fourth-order valence-electron chi connectivity index (χ4n) is 3.04. The van der Waals surface area contributed by atoms with Crippen LogP contribution >= 0.6 is 0 Å². The minimum absolute atomic E-state index is 0.0117. The second kappa shape index (κ2) is 7.52. The summed E-state index contributed by atoms with van der Waals surface area (Å²) in [5, 5.41) is 0.970. The van der Waals surface area contributed by atoms with Crippen molar-refractivity contribution in [2.24, 2.45) is 5.92 Å². The molecule has 5 nitrogen and oxygen atoms in total. The van der Waals surface area contributed by atoms with E-state index in [1.54, 1.807) is 17.3 Å². The summed E-state index contributed by atoms with van der Waals surface area (Å²) < 4.78 is 0. The van der Waals surface area contributed by atoms with Crippen LogP contribution in [0.3, 0.4) is 0 Å². The lowest BCUT2D eigenvalue weighted by molar-refractivity contribution is -0.135. The van der Waals surface area contributed by atoms with Gasteiger partial charge in [0.1, 0.15) is 0 Å². The predicted molar refractivity (Wildman–Crippen MR) is 103 cm³/mol. The van der Waals surface area contributed by atoms with E-state index in [0.717, 1.165) is 22.0 Å². The summed E-state index contributed by atoms with van der Waals surface area (Å²) in [6.45, 7) is 6.40. The number of aromatic nitrogens is 2. The van der Waals surface area contributed by atoms with Gasteiger partial charge in [0.25, 0.3) is 5.56 Å². The predicted octanol–water partition coefficient (Wildman–Crippen LogP) is 3.42. The van der Waals surface area contributed by atoms with Gasteiger partial charge in [-0.25, -0.2) is 0 Å². The van der Waals surface area contributed by atoms with Crippen LogP contribution in [0.2, 0.25) is 0 Å². The number of nitrogens with one attached hydrogen (secondary N) is 1. The molecule has 2 heterocycles. The number of pyridine rings is 2. The Bertz CT molecular complexity index is 977. The summed E-state index contributed by atoms with van der Waals surface area (Å²) in [4.78, 5) is 34.0. The van der Waals surface area contributed by atoms with Crippen LogP contribution < -0.4 is 5.56 Å². The molecular formula is C21H23N3O2. The molecule has 0 atom stereocenters. The maximum absolute atomic E-state index is 12.7. The van der Waals surface area contributed by atoms with Gasteiger partial charge in [-0.15, -0.1) is 0 Å². The highest BCUT2D eigenvalue weighted by Crippen LogP contribution is 2.17. The minimum Gasteiger partial charge on any atom is -0.334 e. The van der Waals surface area contributed by atoms with E-state index in [1.807, 2.05) is 57.2 Å². The maximum Gasteiger partial charge on any atom is 0.253 e. The van der Waals surface area contributed by atoms with E-state index >= 15 is 0 Å². The van der Waals surface area contributed by atoms with Gasteiger partial charge in [0.2, 0.25) is 5.91 Å². The Balaban J connectivity index is 1.96. The number of hydrogen-bond donors (Lipinski definition) is 1. The first-order valence-corrected chi connectivity index (χ1v) is 8.75. The summed E-state index contributed by atoms with van der Waals surface area (Å²) in [6, 6.07) is 11.6. The third-order valence-electron chi connectivity index (χ3n) is 4.43. The summed E-state index contributed by atoms with van der Waals surface area (Å²) in [6.07, 6.45) is 3.45. The third kappa shape index (κ3) is 3.82. The lowest BCUT2D eigenvalue weighted by Crippen LogP contribution is -2.35. The lowest BCUT2D eigenvalue weighted by atomic mass is 10.1. The SMILES string of the molecule is Cc1cccc2cc(CN(Cc3cccnc3)C(=O)C(C)C)c(=O)[nH]c12. The Morgan fingerprint density at radius 3 is 2.69 bits per heavy atom. The Morgan fingerprint density at radius 2 is 2.00 bits per heavy atom. The summed E-state index contributed by atoms with van der Waals surface area (Å²) in [5.41, 5.74) is 3.24. The Kier molecular flexibility index (Phi) is 5.16. The van der Waals surface area contributed by atoms with Gasteiger partial charge in [-0.1, -0.05) is 38.1 Å². The van der Waals surface area contributed by atoms with E-state index in [9.17, 15) is 9.59 Å². The van der Waals surface area contributed by atoms with Crippen molar-refractivity contribution >= 4 is 16.8 Å². The highest BCUT2D eigenvalue weighted by Gasteiger charge is 2.19. The number of fused-ring (bicyclic) bond motifs is 1. The zero-order valence-corrected chi connectivity index (χ0v) is 15.3. The molecule has 0 aliphatic heterocycles. The number of para-hydroxylation sites is 1. The molecule has 3 aromatic rings. The van der Waals surface area contributed by atoms with Crippen LogP contribution in [0.1, 0.15) is 30.5 Å². The zero-order valence-electron chi connectivity index (χ0n) is 15.3. The van der Waals surface area contributed by atoms with Crippen LogP contribution in [-0.2, 0) is 17.9 Å². The third-order valence-corrected chi connectivity index (χ3v) is 4.43. The number of nitrogens with zero attached hydrogens (tertiary/aromatic N) is 2. The molecule has 1 amide bonds. The van der Waals surface area contributed by atoms with Crippen molar-refractivity contribution in [3.8, 4) is 0 Å². The van der Waals surface area contributed by atoms with Crippen molar-refractivity contribution in [2.45, 2.75) is 33.9 Å². The number of amides is 1. The van der Waals surface area contributed by atoms with Gasteiger partial charge in [-0.05, 0) is 35.6 Å². The maximum atomic E-state index is 12.7. The largest absolute Gasteiger partial charge is 0.334 e. The number of carbonyl (C=O) groups is 1. The number of carbonyl (C=O) groups excluding carboxylic acids is 1. The number of rotatable bonds is 5. The van der Waals surface area contributed by atoms with E-state index < -0.39 is 0 Å². The highest BCUT2D eigenvalue weighted by atomic mass is 16.2. The molecule has 0 saturated heterocycles. The van der Waals surface area contributed by atoms with E-state index in [4.69, 9.17) is 0 Å². The van der Waals surface area contributed by atoms with Gasteiger partial charge in [-0.2, -0.15) is 0 Å². The molecule has 26 heavy (non-hydrogen) atoms. The fraction of sp³-hybridized carbons (Fsp3) is 0.286. The van der Waals surface area contributed by atoms with Crippen molar-refractivity contribution in [3.63, 3.8) is 0 Å². The average Bonchev–Trinajstić information content (AvgIpc) is 2.63. The molecule has 1 aromatic carbocycles. The Hall–Kier alpha value is -2.95. The van der Waals surface area contributed by atoms with Crippen molar-refractivity contribution in [1.29, 1.82) is 0 Å². The topological polar surface area (TPSA) is 66.1 Å². The van der Waals surface area contributed by atoms with E-state index in [1.165, 1.54) is 0 Å². The standard InChI is InChI=1S/C21H23N3O2/c1-14(2)21(26)24(12-16-7-5-9-22-11-16)13-18-10-17-8-4-6-15(3)19(17)23-20(18)25/h4-11,14H,12-13H2,1-3H3,(H,23,25). The first kappa shape index (κ1) is 17.9. The van der Waals surface area contributed by atoms with Crippen molar-refractivity contribution in [1.82, 2.24) is 14.9 Å². The van der Waals surface area contributed by atoms with Crippen LogP contribution in [0.15, 0.2) is 53.6 Å². The van der Waals surface area contributed by atoms with E-state index in [0.29, 0.717) is 12.1 Å². The average molecular weight is 349 g/mol. The molecule has 0 bridgehead atoms. The fourth-order valence-corrected chi connectivity index (χ4v) is 3.04. The molecule has 0 unspecified atom stereocenters. The monoisotopic (exact) mass is 349 g/mol. The molecule has 0 spiro atoms. The van der Waals surface area contributed by atoms with Crippen LogP contribution in [0, 0.1) is 12.8 Å².